The van der Waals surface area contributed by atoms with Gasteiger partial charge in [0.2, 0.25) is 10.0 Å². The van der Waals surface area contributed by atoms with Gasteiger partial charge in [0.05, 0.1) is 4.90 Å². The van der Waals surface area contributed by atoms with Gasteiger partial charge in [0.1, 0.15) is 0 Å². The lowest BCUT2D eigenvalue weighted by molar-refractivity contribution is 0.153. The molecule has 0 unspecified atom stereocenters. The maximum Gasteiger partial charge on any atom is 0.240 e. The van der Waals surface area contributed by atoms with Gasteiger partial charge in [-0.3, -0.25) is 0 Å². The maximum absolute atomic E-state index is 12.1. The van der Waals surface area contributed by atoms with Crippen LogP contribution < -0.4 is 4.72 Å². The number of hydrogen-bond donors (Lipinski definition) is 1. The molecule has 1 aliphatic heterocycles. The quantitative estimate of drug-likeness (QED) is 0.797. The van der Waals surface area contributed by atoms with Crippen LogP contribution >= 0.6 is 11.6 Å². The van der Waals surface area contributed by atoms with E-state index in [4.69, 9.17) is 11.6 Å². The highest BCUT2D eigenvalue weighted by Crippen LogP contribution is 2.15. The van der Waals surface area contributed by atoms with Gasteiger partial charge in [-0.15, -0.1) is 0 Å². The van der Waals surface area contributed by atoms with Crippen LogP contribution in [-0.2, 0) is 10.0 Å². The number of nitrogens with zero attached hydrogens (tertiary/aromatic N) is 2. The largest absolute Gasteiger partial charge is 0.304 e. The van der Waals surface area contributed by atoms with E-state index < -0.39 is 10.0 Å². The third kappa shape index (κ3) is 5.23. The predicted octanol–water partition coefficient (Wildman–Crippen LogP) is 1.26. The number of piperazine rings is 1. The van der Waals surface area contributed by atoms with E-state index in [1.807, 2.05) is 0 Å². The summed E-state index contributed by atoms with van der Waals surface area (Å²) in [5.41, 5.74) is 0. The molecule has 1 aliphatic rings. The Morgan fingerprint density at radius 1 is 1.24 bits per heavy atom. The molecule has 1 saturated heterocycles. The van der Waals surface area contributed by atoms with Crippen LogP contribution in [0.5, 0.6) is 0 Å². The van der Waals surface area contributed by atoms with E-state index in [9.17, 15) is 8.42 Å². The van der Waals surface area contributed by atoms with Gasteiger partial charge in [-0.1, -0.05) is 17.7 Å². The van der Waals surface area contributed by atoms with Crippen molar-refractivity contribution in [3.63, 3.8) is 0 Å². The van der Waals surface area contributed by atoms with Crippen LogP contribution in [0.2, 0.25) is 5.02 Å². The van der Waals surface area contributed by atoms with Crippen molar-refractivity contribution >= 4 is 21.6 Å². The normalized spacial score (nSPS) is 18.0. The fourth-order valence-corrected chi connectivity index (χ4v) is 3.67. The number of halogens is 1. The molecule has 1 heterocycles. The van der Waals surface area contributed by atoms with E-state index in [-0.39, 0.29) is 4.90 Å². The molecule has 1 N–H and O–H groups in total. The molecule has 0 bridgehead atoms. The van der Waals surface area contributed by atoms with Gasteiger partial charge in [0, 0.05) is 37.7 Å². The van der Waals surface area contributed by atoms with Crippen molar-refractivity contribution in [3.8, 4) is 0 Å². The zero-order valence-corrected chi connectivity index (χ0v) is 13.8. The number of benzene rings is 1. The summed E-state index contributed by atoms with van der Waals surface area (Å²) in [6, 6.07) is 6.31. The molecule has 0 saturated carbocycles. The van der Waals surface area contributed by atoms with Crippen molar-refractivity contribution in [1.29, 1.82) is 0 Å². The lowest BCUT2D eigenvalue weighted by Gasteiger charge is -2.32. The summed E-state index contributed by atoms with van der Waals surface area (Å²) in [4.78, 5) is 4.89. The second kappa shape index (κ2) is 7.56. The van der Waals surface area contributed by atoms with Crippen molar-refractivity contribution in [1.82, 2.24) is 14.5 Å². The van der Waals surface area contributed by atoms with Crippen LogP contribution in [0.15, 0.2) is 29.2 Å². The first-order valence-electron chi connectivity index (χ1n) is 7.13. The van der Waals surface area contributed by atoms with Crippen molar-refractivity contribution in [2.24, 2.45) is 0 Å². The minimum absolute atomic E-state index is 0.217. The SMILES string of the molecule is CN1CCN(CCCNS(=O)(=O)c2cccc(Cl)c2)CC1. The number of hydrogen-bond acceptors (Lipinski definition) is 4. The zero-order valence-electron chi connectivity index (χ0n) is 12.3. The Bertz CT molecular complexity index is 557. The van der Waals surface area contributed by atoms with Gasteiger partial charge in [0.15, 0.2) is 0 Å². The maximum atomic E-state index is 12.1. The van der Waals surface area contributed by atoms with Crippen LogP contribution in [0, 0.1) is 0 Å². The molecule has 1 aromatic rings. The molecule has 21 heavy (non-hydrogen) atoms. The summed E-state index contributed by atoms with van der Waals surface area (Å²) in [5.74, 6) is 0. The molecule has 0 radical (unpaired) electrons. The van der Waals surface area contributed by atoms with Crippen molar-refractivity contribution < 1.29 is 8.42 Å². The van der Waals surface area contributed by atoms with Crippen LogP contribution in [0.4, 0.5) is 0 Å². The zero-order chi connectivity index (χ0) is 15.3. The van der Waals surface area contributed by atoms with E-state index in [1.165, 1.54) is 6.07 Å². The Kier molecular flexibility index (Phi) is 6.01. The smallest absolute Gasteiger partial charge is 0.240 e. The highest BCUT2D eigenvalue weighted by molar-refractivity contribution is 7.89. The number of rotatable bonds is 6. The molecule has 0 atom stereocenters. The average molecular weight is 332 g/mol. The summed E-state index contributed by atoms with van der Waals surface area (Å²) >= 11 is 5.82. The topological polar surface area (TPSA) is 52.6 Å². The Hall–Kier alpha value is -0.660. The third-order valence-corrected chi connectivity index (χ3v) is 5.34. The highest BCUT2D eigenvalue weighted by Gasteiger charge is 2.15. The first-order valence-corrected chi connectivity index (χ1v) is 8.99. The van der Waals surface area contributed by atoms with Crippen LogP contribution in [-0.4, -0.2) is 64.5 Å². The van der Waals surface area contributed by atoms with Gasteiger partial charge in [-0.25, -0.2) is 13.1 Å². The Balaban J connectivity index is 1.75. The predicted molar refractivity (Wildman–Crippen MR) is 85.2 cm³/mol. The minimum atomic E-state index is -3.46. The summed E-state index contributed by atoms with van der Waals surface area (Å²) in [6.45, 7) is 5.63. The standard InChI is InChI=1S/C14H22ClN3O2S/c1-17-8-10-18(11-9-17)7-3-6-16-21(19,20)14-5-2-4-13(15)12-14/h2,4-5,12,16H,3,6-11H2,1H3. The molecule has 5 nitrogen and oxygen atoms in total. The first-order chi connectivity index (χ1) is 9.97. The molecule has 1 fully saturated rings. The van der Waals surface area contributed by atoms with E-state index in [1.54, 1.807) is 18.2 Å². The molecule has 1 aromatic carbocycles. The van der Waals surface area contributed by atoms with Crippen LogP contribution in [0.25, 0.3) is 0 Å². The Morgan fingerprint density at radius 2 is 1.95 bits per heavy atom. The number of sulfonamides is 1. The van der Waals surface area contributed by atoms with Crippen LogP contribution in [0.3, 0.4) is 0 Å². The van der Waals surface area contributed by atoms with E-state index in [0.29, 0.717) is 11.6 Å². The molecule has 0 aliphatic carbocycles. The molecule has 0 amide bonds. The van der Waals surface area contributed by atoms with E-state index in [0.717, 1.165) is 39.1 Å². The summed E-state index contributed by atoms with van der Waals surface area (Å²) in [5, 5.41) is 0.426. The molecule has 7 heteroatoms. The monoisotopic (exact) mass is 331 g/mol. The molecule has 0 spiro atoms. The fraction of sp³-hybridized carbons (Fsp3) is 0.571. The third-order valence-electron chi connectivity index (χ3n) is 3.65. The van der Waals surface area contributed by atoms with Gasteiger partial charge in [-0.05, 0) is 38.2 Å². The lowest BCUT2D eigenvalue weighted by atomic mass is 10.3. The Morgan fingerprint density at radius 3 is 2.62 bits per heavy atom. The van der Waals surface area contributed by atoms with Gasteiger partial charge in [0.25, 0.3) is 0 Å². The van der Waals surface area contributed by atoms with Crippen LogP contribution in [0.1, 0.15) is 6.42 Å². The fourth-order valence-electron chi connectivity index (χ4n) is 2.30. The molecular weight excluding hydrogens is 310 g/mol. The van der Waals surface area contributed by atoms with Gasteiger partial charge in [-0.2, -0.15) is 0 Å². The second-order valence-corrected chi connectivity index (χ2v) is 7.56. The summed E-state index contributed by atoms with van der Waals surface area (Å²) in [6.07, 6.45) is 0.809. The molecule has 0 aromatic heterocycles. The van der Waals surface area contributed by atoms with Gasteiger partial charge >= 0.3 is 0 Å². The van der Waals surface area contributed by atoms with Gasteiger partial charge < -0.3 is 9.80 Å². The summed E-state index contributed by atoms with van der Waals surface area (Å²) < 4.78 is 26.8. The molecule has 118 valence electrons. The lowest BCUT2D eigenvalue weighted by Crippen LogP contribution is -2.45. The van der Waals surface area contributed by atoms with E-state index in [2.05, 4.69) is 21.6 Å². The first kappa shape index (κ1) is 16.7. The summed E-state index contributed by atoms with van der Waals surface area (Å²) in [7, 11) is -1.33. The minimum Gasteiger partial charge on any atom is -0.304 e. The second-order valence-electron chi connectivity index (χ2n) is 5.35. The van der Waals surface area contributed by atoms with Crippen molar-refractivity contribution in [3.05, 3.63) is 29.3 Å². The van der Waals surface area contributed by atoms with Crippen molar-refractivity contribution in [2.45, 2.75) is 11.3 Å². The number of nitrogens with one attached hydrogen (secondary N) is 1. The van der Waals surface area contributed by atoms with Crippen molar-refractivity contribution in [2.75, 3.05) is 46.3 Å². The van der Waals surface area contributed by atoms with E-state index >= 15 is 0 Å². The molecule has 2 rings (SSSR count). The Labute approximate surface area is 131 Å². The number of likely N-dealkylation sites (N-methyl/N-ethyl adjacent to an activating group) is 1. The molecular formula is C14H22ClN3O2S. The highest BCUT2D eigenvalue weighted by atomic mass is 35.5. The average Bonchev–Trinajstić information content (AvgIpc) is 2.45.